The van der Waals surface area contributed by atoms with E-state index in [0.29, 0.717) is 18.1 Å². The van der Waals surface area contributed by atoms with Gasteiger partial charge in [-0.1, -0.05) is 84.0 Å². The van der Waals surface area contributed by atoms with E-state index in [1.807, 2.05) is 61.5 Å². The number of para-hydroxylation sites is 2. The minimum absolute atomic E-state index is 0.0377. The van der Waals surface area contributed by atoms with Gasteiger partial charge in [-0.2, -0.15) is 0 Å². The maximum absolute atomic E-state index is 13.7. The van der Waals surface area contributed by atoms with Crippen LogP contribution in [0.5, 0.6) is 5.75 Å². The van der Waals surface area contributed by atoms with Crippen LogP contribution in [0.1, 0.15) is 75.5 Å². The Morgan fingerprint density at radius 2 is 1.47 bits per heavy atom. The fourth-order valence-electron chi connectivity index (χ4n) is 4.54. The maximum atomic E-state index is 13.7. The van der Waals surface area contributed by atoms with Crippen LogP contribution in [0.3, 0.4) is 0 Å². The Kier molecular flexibility index (Phi) is 6.70. The van der Waals surface area contributed by atoms with Crippen LogP contribution < -0.4 is 5.32 Å². The largest absolute Gasteiger partial charge is 0.507 e. The lowest BCUT2D eigenvalue weighted by Gasteiger charge is -2.28. The normalized spacial score (nSPS) is 13.1. The summed E-state index contributed by atoms with van der Waals surface area (Å²) in [6.45, 7) is 14.8. The van der Waals surface area contributed by atoms with Gasteiger partial charge in [-0.3, -0.25) is 4.79 Å². The minimum Gasteiger partial charge on any atom is -0.507 e. The van der Waals surface area contributed by atoms with Gasteiger partial charge in [0.15, 0.2) is 5.78 Å². The molecule has 0 bridgehead atoms. The van der Waals surface area contributed by atoms with E-state index in [0.717, 1.165) is 27.7 Å². The number of hydrogen-bond acceptors (Lipinski definition) is 4. The smallest absolute Gasteiger partial charge is 0.204 e. The van der Waals surface area contributed by atoms with E-state index < -0.39 is 6.04 Å². The van der Waals surface area contributed by atoms with Crippen LogP contribution in [0.4, 0.5) is 5.95 Å². The Balaban J connectivity index is 1.71. The average molecular weight is 484 g/mol. The first kappa shape index (κ1) is 25.5. The summed E-state index contributed by atoms with van der Waals surface area (Å²) in [5.74, 6) is 0.896. The summed E-state index contributed by atoms with van der Waals surface area (Å²) < 4.78 is 2.12. The third kappa shape index (κ3) is 5.15. The van der Waals surface area contributed by atoms with Crippen molar-refractivity contribution < 1.29 is 9.90 Å². The van der Waals surface area contributed by atoms with Crippen molar-refractivity contribution in [1.29, 1.82) is 0 Å². The molecule has 0 radical (unpaired) electrons. The Morgan fingerprint density at radius 3 is 2.06 bits per heavy atom. The number of ketones is 1. The van der Waals surface area contributed by atoms with Crippen molar-refractivity contribution in [3.63, 3.8) is 0 Å². The van der Waals surface area contributed by atoms with E-state index in [1.165, 1.54) is 0 Å². The van der Waals surface area contributed by atoms with Crippen molar-refractivity contribution in [1.82, 2.24) is 9.55 Å². The molecule has 0 saturated heterocycles. The molecule has 3 aromatic carbocycles. The lowest BCUT2D eigenvalue weighted by molar-refractivity contribution is 0.0974. The number of aromatic nitrogens is 2. The van der Waals surface area contributed by atoms with Crippen LogP contribution in [-0.4, -0.2) is 26.5 Å². The van der Waals surface area contributed by atoms with Gasteiger partial charge in [-0.05, 0) is 47.6 Å². The molecular weight excluding hydrogens is 446 g/mol. The number of rotatable bonds is 6. The third-order valence-electron chi connectivity index (χ3n) is 6.59. The maximum Gasteiger partial charge on any atom is 0.204 e. The number of phenolic OH excluding ortho intramolecular Hbond substituents is 1. The van der Waals surface area contributed by atoms with Crippen LogP contribution in [0.2, 0.25) is 0 Å². The number of imidazole rings is 1. The van der Waals surface area contributed by atoms with Crippen molar-refractivity contribution in [2.75, 3.05) is 5.32 Å². The molecule has 36 heavy (non-hydrogen) atoms. The number of benzene rings is 3. The van der Waals surface area contributed by atoms with Crippen molar-refractivity contribution in [3.05, 3.63) is 89.0 Å². The van der Waals surface area contributed by atoms with E-state index in [2.05, 4.69) is 63.6 Å². The van der Waals surface area contributed by atoms with E-state index in [-0.39, 0.29) is 22.4 Å². The van der Waals surface area contributed by atoms with Crippen molar-refractivity contribution in [2.45, 2.75) is 71.9 Å². The van der Waals surface area contributed by atoms with Gasteiger partial charge in [-0.25, -0.2) is 4.98 Å². The van der Waals surface area contributed by atoms with Crippen LogP contribution in [0, 0.1) is 0 Å². The summed E-state index contributed by atoms with van der Waals surface area (Å²) in [7, 11) is 0. The molecule has 0 fully saturated rings. The molecule has 1 aromatic heterocycles. The highest BCUT2D eigenvalue weighted by Gasteiger charge is 2.29. The van der Waals surface area contributed by atoms with Gasteiger partial charge in [0, 0.05) is 16.7 Å². The third-order valence-corrected chi connectivity index (χ3v) is 6.59. The summed E-state index contributed by atoms with van der Waals surface area (Å²) in [4.78, 5) is 18.5. The number of fused-ring (bicyclic) bond motifs is 1. The van der Waals surface area contributed by atoms with Crippen LogP contribution in [0.15, 0.2) is 66.7 Å². The van der Waals surface area contributed by atoms with Gasteiger partial charge in [0.1, 0.15) is 5.75 Å². The first-order valence-corrected chi connectivity index (χ1v) is 12.5. The van der Waals surface area contributed by atoms with E-state index in [4.69, 9.17) is 4.98 Å². The fraction of sp³-hybridized carbons (Fsp3) is 0.355. The van der Waals surface area contributed by atoms with Gasteiger partial charge in [-0.15, -0.1) is 0 Å². The van der Waals surface area contributed by atoms with Gasteiger partial charge >= 0.3 is 0 Å². The molecule has 0 aliphatic heterocycles. The van der Waals surface area contributed by atoms with Crippen molar-refractivity contribution >= 4 is 22.8 Å². The second kappa shape index (κ2) is 9.45. The number of aromatic hydroxyl groups is 1. The number of carbonyl (C=O) groups is 1. The quantitative estimate of drug-likeness (QED) is 0.288. The summed E-state index contributed by atoms with van der Waals surface area (Å²) in [6, 6.07) is 21.4. The van der Waals surface area contributed by atoms with Gasteiger partial charge in [0.05, 0.1) is 23.6 Å². The van der Waals surface area contributed by atoms with E-state index in [1.54, 1.807) is 0 Å². The molecule has 0 saturated carbocycles. The summed E-state index contributed by atoms with van der Waals surface area (Å²) in [6.07, 6.45) is 0. The number of nitrogens with zero attached hydrogens (tertiary/aromatic N) is 2. The topological polar surface area (TPSA) is 67.2 Å². The standard InChI is InChI=1S/C31H37N3O2/c1-20(27(35)22-17-23(30(2,3)4)28(36)24(18-22)31(5,6)7)32-29-33-25-15-11-12-16-26(25)34(29)19-21-13-9-8-10-14-21/h8-18,20,36H,19H2,1-7H3,(H,32,33). The highest BCUT2D eigenvalue weighted by Crippen LogP contribution is 2.40. The molecule has 0 spiro atoms. The minimum atomic E-state index is -0.512. The number of hydrogen-bond donors (Lipinski definition) is 2. The molecule has 4 rings (SSSR count). The molecule has 5 heteroatoms. The second-order valence-electron chi connectivity index (χ2n) is 11.6. The highest BCUT2D eigenvalue weighted by atomic mass is 16.3. The average Bonchev–Trinajstić information content (AvgIpc) is 3.14. The van der Waals surface area contributed by atoms with Gasteiger partial charge < -0.3 is 15.0 Å². The number of nitrogens with one attached hydrogen (secondary N) is 1. The molecule has 0 amide bonds. The molecule has 5 nitrogen and oxygen atoms in total. The molecular formula is C31H37N3O2. The zero-order valence-corrected chi connectivity index (χ0v) is 22.4. The lowest BCUT2D eigenvalue weighted by atomic mass is 9.78. The fourth-order valence-corrected chi connectivity index (χ4v) is 4.54. The Bertz CT molecular complexity index is 1350. The predicted molar refractivity (Wildman–Crippen MR) is 148 cm³/mol. The Hall–Kier alpha value is -3.60. The van der Waals surface area contributed by atoms with Crippen LogP contribution >= 0.6 is 0 Å². The molecule has 0 aliphatic rings. The number of anilines is 1. The SMILES string of the molecule is CC(Nc1nc2ccccc2n1Cc1ccccc1)C(=O)c1cc(C(C)(C)C)c(O)c(C(C)(C)C)c1. The molecule has 1 atom stereocenters. The predicted octanol–water partition coefficient (Wildman–Crippen LogP) is 7.07. The molecule has 0 aliphatic carbocycles. The zero-order valence-electron chi connectivity index (χ0n) is 22.4. The lowest BCUT2D eigenvalue weighted by Crippen LogP contribution is -2.29. The molecule has 1 unspecified atom stereocenters. The van der Waals surface area contributed by atoms with E-state index in [9.17, 15) is 9.90 Å². The highest BCUT2D eigenvalue weighted by molar-refractivity contribution is 6.02. The van der Waals surface area contributed by atoms with Crippen LogP contribution in [-0.2, 0) is 17.4 Å². The number of carbonyl (C=O) groups excluding carboxylic acids is 1. The number of Topliss-reactive ketones (excluding diaryl/α,β-unsaturated/α-hetero) is 1. The Labute approximate surface area is 214 Å². The zero-order chi connectivity index (χ0) is 26.3. The molecule has 1 heterocycles. The summed E-state index contributed by atoms with van der Waals surface area (Å²) in [5, 5.41) is 14.4. The first-order chi connectivity index (χ1) is 16.9. The number of phenols is 1. The molecule has 2 N–H and O–H groups in total. The monoisotopic (exact) mass is 483 g/mol. The summed E-state index contributed by atoms with van der Waals surface area (Å²) in [5.41, 5.74) is 4.59. The van der Waals surface area contributed by atoms with Gasteiger partial charge in [0.2, 0.25) is 5.95 Å². The first-order valence-electron chi connectivity index (χ1n) is 12.5. The van der Waals surface area contributed by atoms with Crippen LogP contribution in [0.25, 0.3) is 11.0 Å². The molecule has 4 aromatic rings. The van der Waals surface area contributed by atoms with Crippen molar-refractivity contribution in [3.8, 4) is 5.75 Å². The van der Waals surface area contributed by atoms with Gasteiger partial charge in [0.25, 0.3) is 0 Å². The summed E-state index contributed by atoms with van der Waals surface area (Å²) >= 11 is 0. The van der Waals surface area contributed by atoms with Crippen molar-refractivity contribution in [2.24, 2.45) is 0 Å². The Morgan fingerprint density at radius 1 is 0.917 bits per heavy atom. The van der Waals surface area contributed by atoms with E-state index >= 15 is 0 Å². The second-order valence-corrected chi connectivity index (χ2v) is 11.6. The molecule has 188 valence electrons.